The SMILES string of the molecule is Cc1ccc(OCCN(C)c2cc(C)nc3ncnn23)cc1. The van der Waals surface area contributed by atoms with Crippen LogP contribution in [0, 0.1) is 13.8 Å². The largest absolute Gasteiger partial charge is 0.492 e. The fraction of sp³-hybridized carbons (Fsp3) is 0.312. The van der Waals surface area contributed by atoms with E-state index in [2.05, 4.69) is 26.9 Å². The minimum atomic E-state index is 0.594. The van der Waals surface area contributed by atoms with E-state index < -0.39 is 0 Å². The van der Waals surface area contributed by atoms with Crippen LogP contribution < -0.4 is 9.64 Å². The van der Waals surface area contributed by atoms with Crippen LogP contribution in [0.2, 0.25) is 0 Å². The number of ether oxygens (including phenoxy) is 1. The van der Waals surface area contributed by atoms with Gasteiger partial charge in [0.05, 0.1) is 6.54 Å². The molecule has 3 rings (SSSR count). The molecule has 2 heterocycles. The van der Waals surface area contributed by atoms with Gasteiger partial charge < -0.3 is 9.64 Å². The minimum absolute atomic E-state index is 0.594. The first kappa shape index (κ1) is 14.3. The van der Waals surface area contributed by atoms with Crippen molar-refractivity contribution in [3.63, 3.8) is 0 Å². The van der Waals surface area contributed by atoms with Gasteiger partial charge in [-0.1, -0.05) is 17.7 Å². The van der Waals surface area contributed by atoms with E-state index in [1.165, 1.54) is 11.9 Å². The maximum Gasteiger partial charge on any atom is 0.254 e. The topological polar surface area (TPSA) is 55.5 Å². The molecular formula is C16H19N5O. The van der Waals surface area contributed by atoms with E-state index in [9.17, 15) is 0 Å². The zero-order chi connectivity index (χ0) is 15.5. The zero-order valence-electron chi connectivity index (χ0n) is 13.0. The van der Waals surface area contributed by atoms with Crippen LogP contribution >= 0.6 is 0 Å². The van der Waals surface area contributed by atoms with Crippen LogP contribution in [0.4, 0.5) is 5.82 Å². The van der Waals surface area contributed by atoms with E-state index in [0.717, 1.165) is 23.8 Å². The molecule has 2 aromatic heterocycles. The summed E-state index contributed by atoms with van der Waals surface area (Å²) in [7, 11) is 2.01. The van der Waals surface area contributed by atoms with Crippen LogP contribution in [0.15, 0.2) is 36.7 Å². The second-order valence-corrected chi connectivity index (χ2v) is 5.31. The zero-order valence-corrected chi connectivity index (χ0v) is 13.0. The lowest BCUT2D eigenvalue weighted by atomic mass is 10.2. The van der Waals surface area contributed by atoms with Crippen molar-refractivity contribution < 1.29 is 4.74 Å². The molecule has 0 fully saturated rings. The van der Waals surface area contributed by atoms with Crippen LogP contribution in [-0.2, 0) is 0 Å². The Balaban J connectivity index is 1.67. The molecule has 0 radical (unpaired) electrons. The molecule has 114 valence electrons. The van der Waals surface area contributed by atoms with E-state index in [1.807, 2.05) is 44.3 Å². The summed E-state index contributed by atoms with van der Waals surface area (Å²) < 4.78 is 7.51. The van der Waals surface area contributed by atoms with Gasteiger partial charge in [0.1, 0.15) is 24.5 Å². The van der Waals surface area contributed by atoms with Crippen molar-refractivity contribution in [1.29, 1.82) is 0 Å². The highest BCUT2D eigenvalue weighted by Gasteiger charge is 2.10. The summed E-state index contributed by atoms with van der Waals surface area (Å²) in [6.07, 6.45) is 1.52. The Kier molecular flexibility index (Phi) is 3.91. The number of anilines is 1. The molecule has 0 aliphatic rings. The van der Waals surface area contributed by atoms with Crippen LogP contribution in [0.25, 0.3) is 5.78 Å². The van der Waals surface area contributed by atoms with Gasteiger partial charge >= 0.3 is 0 Å². The molecule has 0 atom stereocenters. The van der Waals surface area contributed by atoms with Crippen molar-refractivity contribution in [2.24, 2.45) is 0 Å². The predicted octanol–water partition coefficient (Wildman–Crippen LogP) is 2.26. The van der Waals surface area contributed by atoms with Crippen molar-refractivity contribution in [1.82, 2.24) is 19.6 Å². The van der Waals surface area contributed by atoms with Gasteiger partial charge in [-0.2, -0.15) is 14.6 Å². The molecule has 0 saturated heterocycles. The van der Waals surface area contributed by atoms with Crippen molar-refractivity contribution >= 4 is 11.6 Å². The highest BCUT2D eigenvalue weighted by molar-refractivity contribution is 5.46. The van der Waals surface area contributed by atoms with E-state index in [4.69, 9.17) is 4.74 Å². The summed E-state index contributed by atoms with van der Waals surface area (Å²) in [5, 5.41) is 4.22. The Labute approximate surface area is 129 Å². The maximum absolute atomic E-state index is 5.77. The Bertz CT molecular complexity index is 766. The first-order valence-electron chi connectivity index (χ1n) is 7.21. The molecular weight excluding hydrogens is 278 g/mol. The third kappa shape index (κ3) is 3.00. The van der Waals surface area contributed by atoms with E-state index in [1.54, 1.807) is 4.52 Å². The number of fused-ring (bicyclic) bond motifs is 1. The van der Waals surface area contributed by atoms with E-state index >= 15 is 0 Å². The summed E-state index contributed by atoms with van der Waals surface area (Å²) in [5.41, 5.74) is 2.15. The summed E-state index contributed by atoms with van der Waals surface area (Å²) in [5.74, 6) is 2.45. The van der Waals surface area contributed by atoms with Crippen LogP contribution in [0.1, 0.15) is 11.3 Å². The summed E-state index contributed by atoms with van der Waals surface area (Å²) >= 11 is 0. The molecule has 0 saturated carbocycles. The Hall–Kier alpha value is -2.63. The Morgan fingerprint density at radius 1 is 1.18 bits per heavy atom. The van der Waals surface area contributed by atoms with Gasteiger partial charge in [0.25, 0.3) is 5.78 Å². The molecule has 6 heteroatoms. The maximum atomic E-state index is 5.77. The first-order valence-corrected chi connectivity index (χ1v) is 7.21. The second kappa shape index (κ2) is 6.01. The number of rotatable bonds is 5. The fourth-order valence-electron chi connectivity index (χ4n) is 2.23. The van der Waals surface area contributed by atoms with Gasteiger partial charge in [0.2, 0.25) is 0 Å². The Morgan fingerprint density at radius 3 is 2.73 bits per heavy atom. The van der Waals surface area contributed by atoms with Crippen LogP contribution in [0.3, 0.4) is 0 Å². The smallest absolute Gasteiger partial charge is 0.254 e. The number of aromatic nitrogens is 4. The third-order valence-electron chi connectivity index (χ3n) is 3.47. The molecule has 0 N–H and O–H groups in total. The van der Waals surface area contributed by atoms with Gasteiger partial charge in [0, 0.05) is 18.8 Å². The number of aryl methyl sites for hydroxylation is 2. The van der Waals surface area contributed by atoms with Crippen molar-refractivity contribution in [2.75, 3.05) is 25.1 Å². The normalized spacial score (nSPS) is 10.9. The van der Waals surface area contributed by atoms with Crippen molar-refractivity contribution in [2.45, 2.75) is 13.8 Å². The molecule has 0 amide bonds. The van der Waals surface area contributed by atoms with Crippen molar-refractivity contribution in [3.05, 3.63) is 47.9 Å². The first-order chi connectivity index (χ1) is 10.6. The predicted molar refractivity (Wildman–Crippen MR) is 85.5 cm³/mol. The van der Waals surface area contributed by atoms with Gasteiger partial charge in [-0.05, 0) is 26.0 Å². The molecule has 22 heavy (non-hydrogen) atoms. The molecule has 0 aliphatic heterocycles. The average Bonchev–Trinajstić information content (AvgIpc) is 2.96. The number of hydrogen-bond acceptors (Lipinski definition) is 5. The van der Waals surface area contributed by atoms with Gasteiger partial charge in [0.15, 0.2) is 0 Å². The lowest BCUT2D eigenvalue weighted by Crippen LogP contribution is -2.26. The standard InChI is InChI=1S/C16H19N5O/c1-12-4-6-14(7-5-12)22-9-8-20(3)15-10-13(2)19-16-17-11-18-21(15)16/h4-7,10-11H,8-9H2,1-3H3. The Morgan fingerprint density at radius 2 is 1.95 bits per heavy atom. The summed E-state index contributed by atoms with van der Waals surface area (Å²) in [4.78, 5) is 10.6. The summed E-state index contributed by atoms with van der Waals surface area (Å²) in [6, 6.07) is 10.1. The van der Waals surface area contributed by atoms with Crippen molar-refractivity contribution in [3.8, 4) is 5.75 Å². The molecule has 0 bridgehead atoms. The average molecular weight is 297 g/mol. The number of benzene rings is 1. The highest BCUT2D eigenvalue weighted by Crippen LogP contribution is 2.15. The molecule has 6 nitrogen and oxygen atoms in total. The summed E-state index contributed by atoms with van der Waals surface area (Å²) in [6.45, 7) is 5.35. The monoisotopic (exact) mass is 297 g/mol. The van der Waals surface area contributed by atoms with Crippen LogP contribution in [-0.4, -0.2) is 39.8 Å². The van der Waals surface area contributed by atoms with E-state index in [0.29, 0.717) is 12.4 Å². The van der Waals surface area contributed by atoms with Gasteiger partial charge in [-0.25, -0.2) is 4.98 Å². The van der Waals surface area contributed by atoms with Gasteiger partial charge in [-0.3, -0.25) is 0 Å². The lowest BCUT2D eigenvalue weighted by Gasteiger charge is -2.20. The quantitative estimate of drug-likeness (QED) is 0.723. The number of nitrogens with zero attached hydrogens (tertiary/aromatic N) is 5. The fourth-order valence-corrected chi connectivity index (χ4v) is 2.23. The minimum Gasteiger partial charge on any atom is -0.492 e. The van der Waals surface area contributed by atoms with Gasteiger partial charge in [-0.15, -0.1) is 0 Å². The molecule has 1 aromatic carbocycles. The lowest BCUT2D eigenvalue weighted by molar-refractivity contribution is 0.325. The second-order valence-electron chi connectivity index (χ2n) is 5.31. The number of likely N-dealkylation sites (N-methyl/N-ethyl adjacent to an activating group) is 1. The number of hydrogen-bond donors (Lipinski definition) is 0. The molecule has 0 spiro atoms. The highest BCUT2D eigenvalue weighted by atomic mass is 16.5. The third-order valence-corrected chi connectivity index (χ3v) is 3.47. The van der Waals surface area contributed by atoms with Crippen LogP contribution in [0.5, 0.6) is 5.75 Å². The van der Waals surface area contributed by atoms with E-state index in [-0.39, 0.29) is 0 Å². The molecule has 0 aliphatic carbocycles. The molecule has 0 unspecified atom stereocenters. The molecule has 3 aromatic rings.